The summed E-state index contributed by atoms with van der Waals surface area (Å²) in [4.78, 5) is 9.62. The van der Waals surface area contributed by atoms with E-state index < -0.39 is 0 Å². The molecule has 3 fully saturated rings. The number of rotatable bonds is 4. The Kier molecular flexibility index (Phi) is 4.00. The van der Waals surface area contributed by atoms with Crippen molar-refractivity contribution in [2.45, 2.75) is 37.8 Å². The van der Waals surface area contributed by atoms with Crippen molar-refractivity contribution in [3.63, 3.8) is 0 Å². The molecule has 5 heteroatoms. The van der Waals surface area contributed by atoms with Gasteiger partial charge in [-0.3, -0.25) is 4.90 Å². The summed E-state index contributed by atoms with van der Waals surface area (Å²) in [5, 5.41) is 3.31. The number of likely N-dealkylation sites (tertiary alicyclic amines) is 1. The fourth-order valence-electron chi connectivity index (χ4n) is 3.69. The Hall–Kier alpha value is -0.490. The summed E-state index contributed by atoms with van der Waals surface area (Å²) in [6, 6.07) is 0. The van der Waals surface area contributed by atoms with E-state index in [1.807, 2.05) is 6.20 Å². The molecule has 0 bridgehead atoms. The predicted molar refractivity (Wildman–Crippen MR) is 84.5 cm³/mol. The Balaban J connectivity index is 1.32. The predicted octanol–water partition coefficient (Wildman–Crippen LogP) is 2.22. The molecule has 2 aliphatic heterocycles. The van der Waals surface area contributed by atoms with Gasteiger partial charge in [-0.25, -0.2) is 4.98 Å². The minimum atomic E-state index is 0.121. The van der Waals surface area contributed by atoms with E-state index in [2.05, 4.69) is 20.2 Å². The number of aromatic nitrogens is 1. The van der Waals surface area contributed by atoms with Crippen molar-refractivity contribution in [2.75, 3.05) is 39.3 Å². The largest absolute Gasteiger partial charge is 0.372 e. The van der Waals surface area contributed by atoms with Crippen molar-refractivity contribution in [3.05, 3.63) is 16.6 Å². The van der Waals surface area contributed by atoms with Crippen molar-refractivity contribution in [1.29, 1.82) is 0 Å². The number of piperidine rings is 1. The van der Waals surface area contributed by atoms with Crippen LogP contribution in [0, 0.1) is 5.92 Å². The van der Waals surface area contributed by atoms with Crippen LogP contribution in [0.5, 0.6) is 0 Å². The average molecular weight is 307 g/mol. The maximum absolute atomic E-state index is 6.24. The molecule has 1 aliphatic carbocycles. The van der Waals surface area contributed by atoms with Crippen molar-refractivity contribution < 1.29 is 4.74 Å². The summed E-state index contributed by atoms with van der Waals surface area (Å²) in [5.74, 6) is 1.01. The molecule has 21 heavy (non-hydrogen) atoms. The van der Waals surface area contributed by atoms with Gasteiger partial charge in [-0.1, -0.05) is 0 Å². The maximum atomic E-state index is 6.24. The molecule has 1 aromatic heterocycles. The zero-order chi connectivity index (χ0) is 14.1. The molecule has 1 spiro atoms. The molecule has 0 amide bonds. The molecule has 0 atom stereocenters. The third kappa shape index (κ3) is 3.47. The minimum Gasteiger partial charge on any atom is -0.372 e. The van der Waals surface area contributed by atoms with Gasteiger partial charge in [0.1, 0.15) is 5.01 Å². The van der Waals surface area contributed by atoms with Crippen LogP contribution in [0.1, 0.15) is 30.7 Å². The zero-order valence-corrected chi connectivity index (χ0v) is 13.5. The molecule has 116 valence electrons. The summed E-state index contributed by atoms with van der Waals surface area (Å²) in [6.07, 6.45) is 7.23. The molecule has 4 rings (SSSR count). The second-order valence-corrected chi connectivity index (χ2v) is 7.89. The Labute approximate surface area is 131 Å². The molecule has 1 aromatic rings. The van der Waals surface area contributed by atoms with Gasteiger partial charge in [0.2, 0.25) is 0 Å². The highest BCUT2D eigenvalue weighted by Gasteiger charge is 2.40. The molecular weight excluding hydrogens is 282 g/mol. The first-order valence-corrected chi connectivity index (χ1v) is 9.16. The number of nitrogens with zero attached hydrogens (tertiary/aromatic N) is 3. The first kappa shape index (κ1) is 14.1. The number of hydrogen-bond donors (Lipinski definition) is 0. The van der Waals surface area contributed by atoms with Crippen LogP contribution in [0.25, 0.3) is 0 Å². The van der Waals surface area contributed by atoms with E-state index >= 15 is 0 Å². The standard InChI is InChI=1S/C16H25N3OS/c1-2-14(1)11-18-6-3-16(4-7-18)13-19(8-9-20-16)12-15-17-5-10-21-15/h5,10,14H,1-4,6-9,11-13H2. The topological polar surface area (TPSA) is 28.6 Å². The fraction of sp³-hybridized carbons (Fsp3) is 0.812. The Bertz CT molecular complexity index is 452. The van der Waals surface area contributed by atoms with Gasteiger partial charge < -0.3 is 9.64 Å². The summed E-state index contributed by atoms with van der Waals surface area (Å²) in [5.41, 5.74) is 0.121. The number of ether oxygens (including phenoxy) is 1. The average Bonchev–Trinajstić information content (AvgIpc) is 3.16. The molecule has 0 N–H and O–H groups in total. The van der Waals surface area contributed by atoms with Crippen molar-refractivity contribution >= 4 is 11.3 Å². The van der Waals surface area contributed by atoms with Gasteiger partial charge in [-0.05, 0) is 31.6 Å². The highest BCUT2D eigenvalue weighted by Crippen LogP contribution is 2.34. The second kappa shape index (κ2) is 5.95. The molecule has 3 heterocycles. The van der Waals surface area contributed by atoms with E-state index in [-0.39, 0.29) is 5.60 Å². The third-order valence-electron chi connectivity index (χ3n) is 5.15. The smallest absolute Gasteiger partial charge is 0.107 e. The summed E-state index contributed by atoms with van der Waals surface area (Å²) >= 11 is 1.76. The lowest BCUT2D eigenvalue weighted by Gasteiger charge is -2.47. The quantitative estimate of drug-likeness (QED) is 0.853. The molecule has 2 saturated heterocycles. The summed E-state index contributed by atoms with van der Waals surface area (Å²) in [7, 11) is 0. The van der Waals surface area contributed by atoms with Crippen LogP contribution in [-0.2, 0) is 11.3 Å². The van der Waals surface area contributed by atoms with Crippen LogP contribution in [0.3, 0.4) is 0 Å². The van der Waals surface area contributed by atoms with Crippen LogP contribution < -0.4 is 0 Å². The molecule has 4 nitrogen and oxygen atoms in total. The normalized spacial score (nSPS) is 27.2. The molecule has 3 aliphatic rings. The van der Waals surface area contributed by atoms with E-state index in [1.54, 1.807) is 11.3 Å². The van der Waals surface area contributed by atoms with Crippen LogP contribution >= 0.6 is 11.3 Å². The molecule has 0 unspecified atom stereocenters. The lowest BCUT2D eigenvalue weighted by molar-refractivity contribution is -0.137. The summed E-state index contributed by atoms with van der Waals surface area (Å²) in [6.45, 7) is 7.79. The van der Waals surface area contributed by atoms with Gasteiger partial charge in [-0.15, -0.1) is 11.3 Å². The van der Waals surface area contributed by atoms with Gasteiger partial charge >= 0.3 is 0 Å². The first-order valence-electron chi connectivity index (χ1n) is 8.28. The fourth-order valence-corrected chi connectivity index (χ4v) is 4.35. The zero-order valence-electron chi connectivity index (χ0n) is 12.7. The molecular formula is C16H25N3OS. The van der Waals surface area contributed by atoms with Gasteiger partial charge in [0, 0.05) is 44.3 Å². The number of thiazole rings is 1. The maximum Gasteiger partial charge on any atom is 0.107 e. The van der Waals surface area contributed by atoms with Crippen LogP contribution in [0.2, 0.25) is 0 Å². The number of morpholine rings is 1. The minimum absolute atomic E-state index is 0.121. The molecule has 0 aromatic carbocycles. The van der Waals surface area contributed by atoms with Gasteiger partial charge in [0.15, 0.2) is 0 Å². The number of hydrogen-bond acceptors (Lipinski definition) is 5. The highest BCUT2D eigenvalue weighted by atomic mass is 32.1. The lowest BCUT2D eigenvalue weighted by atomic mass is 9.89. The van der Waals surface area contributed by atoms with Crippen molar-refractivity contribution in [1.82, 2.24) is 14.8 Å². The Morgan fingerprint density at radius 3 is 2.81 bits per heavy atom. The Morgan fingerprint density at radius 1 is 1.24 bits per heavy atom. The van der Waals surface area contributed by atoms with Crippen LogP contribution in [-0.4, -0.2) is 59.7 Å². The van der Waals surface area contributed by atoms with Crippen LogP contribution in [0.15, 0.2) is 11.6 Å². The van der Waals surface area contributed by atoms with Crippen molar-refractivity contribution in [2.24, 2.45) is 5.92 Å². The Morgan fingerprint density at radius 2 is 2.10 bits per heavy atom. The van der Waals surface area contributed by atoms with E-state index in [0.29, 0.717) is 0 Å². The molecule has 0 radical (unpaired) electrons. The second-order valence-electron chi connectivity index (χ2n) is 6.91. The van der Waals surface area contributed by atoms with Gasteiger partial charge in [0.05, 0.1) is 18.8 Å². The highest BCUT2D eigenvalue weighted by molar-refractivity contribution is 7.09. The third-order valence-corrected chi connectivity index (χ3v) is 5.91. The lowest BCUT2D eigenvalue weighted by Crippen LogP contribution is -2.56. The monoisotopic (exact) mass is 307 g/mol. The van der Waals surface area contributed by atoms with Gasteiger partial charge in [-0.2, -0.15) is 0 Å². The SMILES string of the molecule is c1csc(CN2CCOC3(CCN(CC4CC4)CC3)C2)n1. The van der Waals surface area contributed by atoms with Crippen molar-refractivity contribution in [3.8, 4) is 0 Å². The first-order chi connectivity index (χ1) is 10.3. The van der Waals surface area contributed by atoms with E-state index in [0.717, 1.165) is 32.2 Å². The summed E-state index contributed by atoms with van der Waals surface area (Å²) < 4.78 is 6.24. The van der Waals surface area contributed by atoms with E-state index in [4.69, 9.17) is 4.74 Å². The van der Waals surface area contributed by atoms with Crippen LogP contribution in [0.4, 0.5) is 0 Å². The van der Waals surface area contributed by atoms with E-state index in [1.165, 1.54) is 50.3 Å². The molecule has 1 saturated carbocycles. The van der Waals surface area contributed by atoms with E-state index in [9.17, 15) is 0 Å². The van der Waals surface area contributed by atoms with Gasteiger partial charge in [0.25, 0.3) is 0 Å².